The van der Waals surface area contributed by atoms with Gasteiger partial charge in [0.15, 0.2) is 0 Å². The summed E-state index contributed by atoms with van der Waals surface area (Å²) >= 11 is 5.83. The Kier molecular flexibility index (Phi) is 6.92. The van der Waals surface area contributed by atoms with E-state index >= 15 is 0 Å². The Bertz CT molecular complexity index is 737. The molecule has 1 saturated heterocycles. The number of carbonyl (C=O) groups is 1. The van der Waals surface area contributed by atoms with Crippen molar-refractivity contribution in [2.45, 2.75) is 25.1 Å². The summed E-state index contributed by atoms with van der Waals surface area (Å²) in [5, 5.41) is 16.0. The van der Waals surface area contributed by atoms with Crippen molar-refractivity contribution in [2.24, 2.45) is 0 Å². The maximum absolute atomic E-state index is 12.0. The van der Waals surface area contributed by atoms with E-state index in [4.69, 9.17) is 21.1 Å². The fraction of sp³-hybridized carbons (Fsp3) is 0.350. The molecule has 7 heteroatoms. The van der Waals surface area contributed by atoms with Gasteiger partial charge in [-0.3, -0.25) is 4.79 Å². The Balaban J connectivity index is 1.35. The van der Waals surface area contributed by atoms with E-state index in [1.54, 1.807) is 12.1 Å². The van der Waals surface area contributed by atoms with Crippen LogP contribution in [0, 0.1) is 0 Å². The lowest BCUT2D eigenvalue weighted by Gasteiger charge is -2.12. The highest BCUT2D eigenvalue weighted by atomic mass is 35.5. The average Bonchev–Trinajstić information content (AvgIpc) is 3.12. The van der Waals surface area contributed by atoms with Crippen molar-refractivity contribution >= 4 is 17.5 Å². The van der Waals surface area contributed by atoms with E-state index in [1.165, 1.54) is 0 Å². The molecule has 2 aromatic carbocycles. The molecule has 27 heavy (non-hydrogen) atoms. The largest absolute Gasteiger partial charge is 0.490 e. The summed E-state index contributed by atoms with van der Waals surface area (Å²) in [5.74, 6) is 1.40. The summed E-state index contributed by atoms with van der Waals surface area (Å²) in [6.07, 6.45) is 0.0114. The molecule has 1 fully saturated rings. The molecule has 0 radical (unpaired) electrons. The Hall–Kier alpha value is -2.28. The van der Waals surface area contributed by atoms with Crippen LogP contribution in [-0.4, -0.2) is 42.9 Å². The van der Waals surface area contributed by atoms with Crippen LogP contribution in [0.25, 0.3) is 0 Å². The second-order valence-electron chi connectivity index (χ2n) is 6.36. The number of amides is 1. The van der Waals surface area contributed by atoms with E-state index in [0.717, 1.165) is 17.1 Å². The van der Waals surface area contributed by atoms with E-state index in [1.807, 2.05) is 36.4 Å². The van der Waals surface area contributed by atoms with Gasteiger partial charge in [-0.05, 0) is 48.4 Å². The summed E-state index contributed by atoms with van der Waals surface area (Å²) in [7, 11) is 0. The van der Waals surface area contributed by atoms with Crippen LogP contribution >= 0.6 is 11.6 Å². The van der Waals surface area contributed by atoms with Gasteiger partial charge in [0.25, 0.3) is 0 Å². The zero-order valence-electron chi connectivity index (χ0n) is 14.9. The first kappa shape index (κ1) is 19.5. The van der Waals surface area contributed by atoms with Gasteiger partial charge in [-0.2, -0.15) is 0 Å². The molecule has 1 amide bonds. The van der Waals surface area contributed by atoms with E-state index in [9.17, 15) is 9.90 Å². The molecule has 3 N–H and O–H groups in total. The van der Waals surface area contributed by atoms with Gasteiger partial charge in [0, 0.05) is 18.1 Å². The number of hydrogen-bond acceptors (Lipinski definition) is 5. The monoisotopic (exact) mass is 390 g/mol. The van der Waals surface area contributed by atoms with E-state index in [-0.39, 0.29) is 11.9 Å². The third-order valence-electron chi connectivity index (χ3n) is 4.25. The Morgan fingerprint density at radius 3 is 2.22 bits per heavy atom. The molecule has 2 atom stereocenters. The van der Waals surface area contributed by atoms with Crippen molar-refractivity contribution in [3.63, 3.8) is 0 Å². The third-order valence-corrected chi connectivity index (χ3v) is 4.50. The first-order valence-electron chi connectivity index (χ1n) is 8.89. The molecule has 2 unspecified atom stereocenters. The van der Waals surface area contributed by atoms with Crippen molar-refractivity contribution < 1.29 is 19.4 Å². The summed E-state index contributed by atoms with van der Waals surface area (Å²) < 4.78 is 11.2. The molecular formula is C20H23ClN2O4. The molecule has 0 spiro atoms. The van der Waals surface area contributed by atoms with Gasteiger partial charge in [-0.25, -0.2) is 0 Å². The number of β-amino-alcohol motifs (C(OH)–C–C–N with tert-alkyl or cyclic N) is 1. The lowest BCUT2D eigenvalue weighted by Crippen LogP contribution is -2.39. The Labute approximate surface area is 163 Å². The van der Waals surface area contributed by atoms with Gasteiger partial charge in [-0.15, -0.1) is 0 Å². The Morgan fingerprint density at radius 2 is 1.67 bits per heavy atom. The summed E-state index contributed by atoms with van der Waals surface area (Å²) in [4.78, 5) is 12.0. The van der Waals surface area contributed by atoms with Crippen molar-refractivity contribution in [3.05, 3.63) is 59.1 Å². The molecule has 3 rings (SSSR count). The molecule has 0 bridgehead atoms. The number of benzene rings is 2. The quantitative estimate of drug-likeness (QED) is 0.602. The Morgan fingerprint density at radius 1 is 1.07 bits per heavy atom. The predicted molar refractivity (Wildman–Crippen MR) is 103 cm³/mol. The number of aliphatic hydroxyl groups is 1. The molecule has 1 aliphatic rings. The number of halogens is 1. The molecule has 0 aliphatic carbocycles. The highest BCUT2D eigenvalue weighted by Gasteiger charge is 2.27. The van der Waals surface area contributed by atoms with Crippen LogP contribution in [-0.2, 0) is 11.3 Å². The zero-order valence-corrected chi connectivity index (χ0v) is 15.6. The van der Waals surface area contributed by atoms with Crippen LogP contribution in [0.3, 0.4) is 0 Å². The highest BCUT2D eigenvalue weighted by Crippen LogP contribution is 2.16. The van der Waals surface area contributed by atoms with Crippen molar-refractivity contribution in [3.8, 4) is 11.5 Å². The number of aliphatic hydroxyl groups excluding tert-OH is 1. The smallest absolute Gasteiger partial charge is 0.237 e. The minimum absolute atomic E-state index is 0.0915. The number of nitrogens with one attached hydrogen (secondary N) is 2. The van der Waals surface area contributed by atoms with Gasteiger partial charge in [0.1, 0.15) is 24.7 Å². The summed E-state index contributed by atoms with van der Waals surface area (Å²) in [6.45, 7) is 1.76. The fourth-order valence-corrected chi connectivity index (χ4v) is 2.91. The normalized spacial score (nSPS) is 18.9. The van der Waals surface area contributed by atoms with Crippen molar-refractivity contribution in [2.75, 3.05) is 19.8 Å². The van der Waals surface area contributed by atoms with Crippen LogP contribution in [0.5, 0.6) is 11.5 Å². The number of rotatable bonds is 8. The van der Waals surface area contributed by atoms with Crippen LogP contribution < -0.4 is 20.1 Å². The molecule has 1 aliphatic heterocycles. The van der Waals surface area contributed by atoms with Gasteiger partial charge >= 0.3 is 0 Å². The standard InChI is InChI=1S/C20H23ClN2O4/c21-15-3-7-18(8-4-15)27-10-9-26-17-5-1-14(2-6-17)12-23-20(25)19-11-16(24)13-22-19/h1-8,16,19,22,24H,9-13H2,(H,23,25). The average molecular weight is 391 g/mol. The minimum Gasteiger partial charge on any atom is -0.490 e. The van der Waals surface area contributed by atoms with E-state index in [2.05, 4.69) is 10.6 Å². The van der Waals surface area contributed by atoms with Gasteiger partial charge in [0.2, 0.25) is 5.91 Å². The summed E-state index contributed by atoms with van der Waals surface area (Å²) in [6, 6.07) is 14.4. The molecule has 0 saturated carbocycles. The molecule has 1 heterocycles. The second-order valence-corrected chi connectivity index (χ2v) is 6.80. The number of hydrogen-bond donors (Lipinski definition) is 3. The first-order valence-corrected chi connectivity index (χ1v) is 9.27. The summed E-state index contributed by atoms with van der Waals surface area (Å²) in [5.41, 5.74) is 0.978. The van der Waals surface area contributed by atoms with Crippen molar-refractivity contribution in [1.82, 2.24) is 10.6 Å². The van der Waals surface area contributed by atoms with Crippen LogP contribution in [0.1, 0.15) is 12.0 Å². The maximum Gasteiger partial charge on any atom is 0.237 e. The lowest BCUT2D eigenvalue weighted by atomic mass is 10.1. The molecular weight excluding hydrogens is 368 g/mol. The van der Waals surface area contributed by atoms with Crippen molar-refractivity contribution in [1.29, 1.82) is 0 Å². The molecule has 6 nitrogen and oxygen atoms in total. The zero-order chi connectivity index (χ0) is 19.1. The second kappa shape index (κ2) is 9.60. The van der Waals surface area contributed by atoms with Crippen LogP contribution in [0.15, 0.2) is 48.5 Å². The molecule has 2 aromatic rings. The lowest BCUT2D eigenvalue weighted by molar-refractivity contribution is -0.123. The van der Waals surface area contributed by atoms with Gasteiger partial charge in [0.05, 0.1) is 12.1 Å². The van der Waals surface area contributed by atoms with Gasteiger partial charge < -0.3 is 25.2 Å². The minimum atomic E-state index is -0.444. The fourth-order valence-electron chi connectivity index (χ4n) is 2.78. The number of ether oxygens (including phenoxy) is 2. The van der Waals surface area contributed by atoms with E-state index < -0.39 is 6.10 Å². The first-order chi connectivity index (χ1) is 13.1. The molecule has 144 valence electrons. The maximum atomic E-state index is 12.0. The topological polar surface area (TPSA) is 79.8 Å². The van der Waals surface area contributed by atoms with Crippen LogP contribution in [0.4, 0.5) is 0 Å². The predicted octanol–water partition coefficient (Wildman–Crippen LogP) is 2.14. The van der Waals surface area contributed by atoms with Crippen LogP contribution in [0.2, 0.25) is 5.02 Å². The SMILES string of the molecule is O=C(NCc1ccc(OCCOc2ccc(Cl)cc2)cc1)C1CC(O)CN1. The number of carbonyl (C=O) groups excluding carboxylic acids is 1. The third kappa shape index (κ3) is 6.13. The van der Waals surface area contributed by atoms with Gasteiger partial charge in [-0.1, -0.05) is 23.7 Å². The highest BCUT2D eigenvalue weighted by molar-refractivity contribution is 6.30. The molecule has 0 aromatic heterocycles. The van der Waals surface area contributed by atoms with E-state index in [0.29, 0.717) is 37.7 Å².